The van der Waals surface area contributed by atoms with E-state index in [-0.39, 0.29) is 5.91 Å². The molecule has 0 atom stereocenters. The molecule has 0 heterocycles. The predicted molar refractivity (Wildman–Crippen MR) is 88.1 cm³/mol. The predicted octanol–water partition coefficient (Wildman–Crippen LogP) is 3.57. The Morgan fingerprint density at radius 2 is 1.95 bits per heavy atom. The number of nitrogens with one attached hydrogen (secondary N) is 2. The lowest BCUT2D eigenvalue weighted by Crippen LogP contribution is -2.34. The normalized spacial score (nSPS) is 15.3. The Kier molecular flexibility index (Phi) is 6.81. The highest BCUT2D eigenvalue weighted by Gasteiger charge is 2.16. The molecule has 116 valence electrons. The van der Waals surface area contributed by atoms with Gasteiger partial charge in [0.15, 0.2) is 0 Å². The highest BCUT2D eigenvalue weighted by molar-refractivity contribution is 6.35. The number of carbonyl (C=O) groups excluding carboxylic acids is 1. The molecule has 1 amide bonds. The molecular weight excluding hydrogens is 307 g/mol. The van der Waals surface area contributed by atoms with Crippen molar-refractivity contribution in [2.75, 3.05) is 13.1 Å². The van der Waals surface area contributed by atoms with Gasteiger partial charge in [-0.2, -0.15) is 0 Å². The van der Waals surface area contributed by atoms with Crippen molar-refractivity contribution in [3.05, 3.63) is 33.8 Å². The van der Waals surface area contributed by atoms with Crippen LogP contribution in [0.1, 0.15) is 37.7 Å². The number of hydrogen-bond donors (Lipinski definition) is 2. The second kappa shape index (κ2) is 8.62. The standard InChI is InChI=1S/C16H22Cl2N2O/c17-13-6-5-12(15(18)11-13)7-9-19-10-8-16(21)20-14-3-1-2-4-14/h5-6,11,14,19H,1-4,7-10H2,(H,20,21). The van der Waals surface area contributed by atoms with Gasteiger partial charge >= 0.3 is 0 Å². The van der Waals surface area contributed by atoms with Crippen molar-refractivity contribution < 1.29 is 4.79 Å². The molecule has 0 radical (unpaired) electrons. The first kappa shape index (κ1) is 16.6. The van der Waals surface area contributed by atoms with Gasteiger partial charge in [-0.05, 0) is 43.5 Å². The molecule has 3 nitrogen and oxygen atoms in total. The lowest BCUT2D eigenvalue weighted by atomic mass is 10.1. The van der Waals surface area contributed by atoms with Crippen LogP contribution in [-0.4, -0.2) is 25.0 Å². The Bertz CT molecular complexity index is 473. The van der Waals surface area contributed by atoms with Crippen molar-refractivity contribution in [3.63, 3.8) is 0 Å². The molecule has 21 heavy (non-hydrogen) atoms. The largest absolute Gasteiger partial charge is 0.353 e. The average molecular weight is 329 g/mol. The van der Waals surface area contributed by atoms with E-state index in [0.717, 1.165) is 31.4 Å². The van der Waals surface area contributed by atoms with Gasteiger partial charge in [-0.3, -0.25) is 4.79 Å². The quantitative estimate of drug-likeness (QED) is 0.751. The van der Waals surface area contributed by atoms with Crippen molar-refractivity contribution in [1.29, 1.82) is 0 Å². The second-order valence-corrected chi connectivity index (χ2v) is 6.38. The van der Waals surface area contributed by atoms with Crippen LogP contribution in [0.5, 0.6) is 0 Å². The third kappa shape index (κ3) is 5.85. The summed E-state index contributed by atoms with van der Waals surface area (Å²) in [5.41, 5.74) is 1.07. The minimum absolute atomic E-state index is 0.152. The second-order valence-electron chi connectivity index (χ2n) is 5.53. The summed E-state index contributed by atoms with van der Waals surface area (Å²) < 4.78 is 0. The van der Waals surface area contributed by atoms with Crippen LogP contribution in [0.2, 0.25) is 10.0 Å². The van der Waals surface area contributed by atoms with E-state index < -0.39 is 0 Å². The van der Waals surface area contributed by atoms with E-state index in [1.165, 1.54) is 12.8 Å². The van der Waals surface area contributed by atoms with Crippen LogP contribution in [0.3, 0.4) is 0 Å². The summed E-state index contributed by atoms with van der Waals surface area (Å²) in [6.45, 7) is 1.50. The molecule has 1 fully saturated rings. The van der Waals surface area contributed by atoms with Gasteiger partial charge < -0.3 is 10.6 Å². The fourth-order valence-electron chi connectivity index (χ4n) is 2.64. The van der Waals surface area contributed by atoms with E-state index >= 15 is 0 Å². The molecule has 1 aliphatic rings. The monoisotopic (exact) mass is 328 g/mol. The van der Waals surface area contributed by atoms with E-state index in [9.17, 15) is 4.79 Å². The number of rotatable bonds is 7. The molecule has 1 saturated carbocycles. The van der Waals surface area contributed by atoms with Crippen molar-refractivity contribution in [3.8, 4) is 0 Å². The fourth-order valence-corrected chi connectivity index (χ4v) is 3.15. The van der Waals surface area contributed by atoms with E-state index in [1.54, 1.807) is 6.07 Å². The van der Waals surface area contributed by atoms with Crippen molar-refractivity contribution in [1.82, 2.24) is 10.6 Å². The number of benzene rings is 1. The van der Waals surface area contributed by atoms with Gasteiger partial charge in [0.1, 0.15) is 0 Å². The molecule has 0 spiro atoms. The summed E-state index contributed by atoms with van der Waals surface area (Å²) in [4.78, 5) is 11.7. The molecule has 1 aliphatic carbocycles. The van der Waals surface area contributed by atoms with Gasteiger partial charge in [-0.15, -0.1) is 0 Å². The average Bonchev–Trinajstić information content (AvgIpc) is 2.93. The molecule has 0 aliphatic heterocycles. The van der Waals surface area contributed by atoms with Crippen LogP contribution in [0.15, 0.2) is 18.2 Å². The van der Waals surface area contributed by atoms with E-state index in [4.69, 9.17) is 23.2 Å². The zero-order chi connectivity index (χ0) is 15.1. The first-order chi connectivity index (χ1) is 10.1. The first-order valence-electron chi connectivity index (χ1n) is 7.59. The van der Waals surface area contributed by atoms with Crippen molar-refractivity contribution in [2.24, 2.45) is 0 Å². The smallest absolute Gasteiger partial charge is 0.221 e. The molecule has 1 aromatic rings. The van der Waals surface area contributed by atoms with Gasteiger partial charge in [0.05, 0.1) is 0 Å². The summed E-state index contributed by atoms with van der Waals surface area (Å²) in [5, 5.41) is 7.72. The third-order valence-electron chi connectivity index (χ3n) is 3.84. The maximum Gasteiger partial charge on any atom is 0.221 e. The molecule has 0 unspecified atom stereocenters. The topological polar surface area (TPSA) is 41.1 Å². The first-order valence-corrected chi connectivity index (χ1v) is 8.35. The van der Waals surface area contributed by atoms with Gasteiger partial charge in [0, 0.05) is 29.1 Å². The van der Waals surface area contributed by atoms with Crippen LogP contribution in [0.4, 0.5) is 0 Å². The summed E-state index contributed by atoms with van der Waals surface area (Å²) in [6, 6.07) is 5.95. The van der Waals surface area contributed by atoms with Crippen molar-refractivity contribution in [2.45, 2.75) is 44.6 Å². The van der Waals surface area contributed by atoms with Crippen LogP contribution >= 0.6 is 23.2 Å². The number of amides is 1. The maximum atomic E-state index is 11.7. The van der Waals surface area contributed by atoms with Gasteiger partial charge in [0.25, 0.3) is 0 Å². The van der Waals surface area contributed by atoms with Gasteiger partial charge in [-0.25, -0.2) is 0 Å². The van der Waals surface area contributed by atoms with Crippen LogP contribution in [0, 0.1) is 0 Å². The van der Waals surface area contributed by atoms with Crippen LogP contribution < -0.4 is 10.6 Å². The van der Waals surface area contributed by atoms with E-state index in [1.807, 2.05) is 12.1 Å². The Balaban J connectivity index is 1.58. The number of carbonyl (C=O) groups is 1. The number of hydrogen-bond acceptors (Lipinski definition) is 2. The minimum atomic E-state index is 0.152. The third-order valence-corrected chi connectivity index (χ3v) is 4.42. The lowest BCUT2D eigenvalue weighted by Gasteiger charge is -2.12. The fraction of sp³-hybridized carbons (Fsp3) is 0.562. The molecule has 2 rings (SSSR count). The molecule has 1 aromatic carbocycles. The molecule has 2 N–H and O–H groups in total. The van der Waals surface area contributed by atoms with E-state index in [2.05, 4.69) is 10.6 Å². The van der Waals surface area contributed by atoms with Gasteiger partial charge in [0.2, 0.25) is 5.91 Å². The summed E-state index contributed by atoms with van der Waals surface area (Å²) >= 11 is 12.0. The summed E-state index contributed by atoms with van der Waals surface area (Å²) in [5.74, 6) is 0.152. The Hall–Kier alpha value is -0.770. The Labute approximate surface area is 136 Å². The zero-order valence-electron chi connectivity index (χ0n) is 12.1. The highest BCUT2D eigenvalue weighted by Crippen LogP contribution is 2.21. The summed E-state index contributed by atoms with van der Waals surface area (Å²) in [6.07, 6.45) is 6.11. The molecule has 0 bridgehead atoms. The summed E-state index contributed by atoms with van der Waals surface area (Å²) in [7, 11) is 0. The highest BCUT2D eigenvalue weighted by atomic mass is 35.5. The minimum Gasteiger partial charge on any atom is -0.353 e. The van der Waals surface area contributed by atoms with Crippen molar-refractivity contribution >= 4 is 29.1 Å². The molecule has 5 heteroatoms. The van der Waals surface area contributed by atoms with Crippen LogP contribution in [-0.2, 0) is 11.2 Å². The Morgan fingerprint density at radius 3 is 2.67 bits per heavy atom. The SMILES string of the molecule is O=C(CCNCCc1ccc(Cl)cc1Cl)NC1CCCC1. The maximum absolute atomic E-state index is 11.7. The number of halogens is 2. The molecule has 0 saturated heterocycles. The lowest BCUT2D eigenvalue weighted by molar-refractivity contribution is -0.121. The Morgan fingerprint density at radius 1 is 1.19 bits per heavy atom. The molecular formula is C16H22Cl2N2O. The van der Waals surface area contributed by atoms with Crippen LogP contribution in [0.25, 0.3) is 0 Å². The van der Waals surface area contributed by atoms with E-state index in [0.29, 0.717) is 29.1 Å². The van der Waals surface area contributed by atoms with Gasteiger partial charge in [-0.1, -0.05) is 42.1 Å². The molecule has 0 aromatic heterocycles. The zero-order valence-corrected chi connectivity index (χ0v) is 13.6.